The number of nitrogens with zero attached hydrogens (tertiary/aromatic N) is 6. The minimum Gasteiger partial charge on any atom is -0.569 e. The normalized spacial score (nSPS) is 18.7. The van der Waals surface area contributed by atoms with Gasteiger partial charge >= 0.3 is 0 Å². The second-order valence-corrected chi connectivity index (χ2v) is 6.51. The molecule has 0 N–H and O–H groups in total. The molecule has 1 aliphatic rings. The van der Waals surface area contributed by atoms with Gasteiger partial charge in [-0.05, 0) is 32.9 Å². The van der Waals surface area contributed by atoms with Crippen LogP contribution in [-0.4, -0.2) is 46.7 Å². The highest BCUT2D eigenvalue weighted by atomic mass is 16.7. The maximum absolute atomic E-state index is 11.9. The third-order valence-electron chi connectivity index (χ3n) is 3.84. The zero-order chi connectivity index (χ0) is 17.0. The molecule has 0 aromatic carbocycles. The summed E-state index contributed by atoms with van der Waals surface area (Å²) in [7, 11) is 1.67. The third kappa shape index (κ3) is 4.22. The van der Waals surface area contributed by atoms with Crippen LogP contribution in [-0.2, 0) is 4.84 Å². The number of anilines is 1. The van der Waals surface area contributed by atoms with Crippen molar-refractivity contribution in [2.24, 2.45) is 5.28 Å². The Kier molecular flexibility index (Phi) is 4.89. The van der Waals surface area contributed by atoms with Crippen LogP contribution in [0, 0.1) is 16.5 Å². The summed E-state index contributed by atoms with van der Waals surface area (Å²) in [6.07, 6.45) is 2.15. The Balaban J connectivity index is 1.91. The van der Waals surface area contributed by atoms with E-state index in [0.29, 0.717) is 17.1 Å². The molecular weight excluding hydrogens is 296 g/mol. The fraction of sp³-hybridized carbons (Fsp3) is 0.600. The number of aromatic nitrogens is 1. The lowest BCUT2D eigenvalue weighted by Crippen LogP contribution is -2.42. The first kappa shape index (κ1) is 16.8. The molecule has 0 bridgehead atoms. The van der Waals surface area contributed by atoms with Crippen LogP contribution >= 0.6 is 0 Å². The van der Waals surface area contributed by atoms with Gasteiger partial charge in [0.1, 0.15) is 11.9 Å². The summed E-state index contributed by atoms with van der Waals surface area (Å²) in [6.45, 7) is 7.13. The monoisotopic (exact) mass is 318 g/mol. The molecule has 8 heteroatoms. The molecule has 1 aliphatic heterocycles. The average Bonchev–Trinajstić information content (AvgIpc) is 3.00. The van der Waals surface area contributed by atoms with E-state index in [-0.39, 0.29) is 11.6 Å². The van der Waals surface area contributed by atoms with E-state index in [2.05, 4.69) is 10.3 Å². The number of pyridine rings is 1. The van der Waals surface area contributed by atoms with E-state index < -0.39 is 0 Å². The van der Waals surface area contributed by atoms with Crippen molar-refractivity contribution in [3.8, 4) is 6.07 Å². The number of hydrogen-bond acceptors (Lipinski definition) is 6. The maximum Gasteiger partial charge on any atom is 0.233 e. The molecule has 1 aromatic rings. The van der Waals surface area contributed by atoms with Crippen molar-refractivity contribution in [1.29, 1.82) is 5.26 Å². The van der Waals surface area contributed by atoms with Crippen molar-refractivity contribution < 1.29 is 9.81 Å². The molecule has 1 atom stereocenters. The summed E-state index contributed by atoms with van der Waals surface area (Å²) >= 11 is 0. The molecule has 1 fully saturated rings. The summed E-state index contributed by atoms with van der Waals surface area (Å²) in [4.78, 5) is 12.1. The number of hydrazine groups is 1. The van der Waals surface area contributed by atoms with E-state index in [1.165, 1.54) is 5.01 Å². The Morgan fingerprint density at radius 3 is 2.83 bits per heavy atom. The van der Waals surface area contributed by atoms with Gasteiger partial charge in [-0.15, -0.1) is 5.01 Å². The van der Waals surface area contributed by atoms with Gasteiger partial charge in [-0.3, -0.25) is 0 Å². The van der Waals surface area contributed by atoms with Crippen LogP contribution in [0.5, 0.6) is 0 Å². The van der Waals surface area contributed by atoms with Gasteiger partial charge in [0.15, 0.2) is 6.10 Å². The molecule has 23 heavy (non-hydrogen) atoms. The van der Waals surface area contributed by atoms with Crippen LogP contribution in [0.25, 0.3) is 0 Å². The van der Waals surface area contributed by atoms with E-state index in [0.717, 1.165) is 18.8 Å². The molecule has 0 radical (unpaired) electrons. The minimum absolute atomic E-state index is 0.155. The van der Waals surface area contributed by atoms with Gasteiger partial charge in [0.05, 0.1) is 29.7 Å². The Morgan fingerprint density at radius 1 is 1.52 bits per heavy atom. The quantitative estimate of drug-likeness (QED) is 0.479. The number of hydrogen-bond donors (Lipinski definition) is 0. The topological polar surface area (TPSA) is 90.8 Å². The second-order valence-electron chi connectivity index (χ2n) is 6.51. The van der Waals surface area contributed by atoms with E-state index in [4.69, 9.17) is 10.1 Å². The van der Waals surface area contributed by atoms with Crippen molar-refractivity contribution in [2.45, 2.75) is 38.8 Å². The second kappa shape index (κ2) is 6.69. The lowest BCUT2D eigenvalue weighted by molar-refractivity contribution is -0.720. The standard InChI is InChI=1S/C15H22N6O2/c1-15(2,3)19(4)21(22)18-23-13-7-8-20(11-13)14-6-5-12(9-16)10-17-14/h5-6,10,13H,7-8,11H2,1-4H3/b21-18+/t13-/m1/s1. The molecule has 1 saturated heterocycles. The van der Waals surface area contributed by atoms with E-state index in [9.17, 15) is 5.21 Å². The van der Waals surface area contributed by atoms with Gasteiger partial charge in [0.2, 0.25) is 5.28 Å². The first-order chi connectivity index (χ1) is 10.8. The van der Waals surface area contributed by atoms with Crippen LogP contribution in [0.15, 0.2) is 23.6 Å². The van der Waals surface area contributed by atoms with Gasteiger partial charge in [-0.1, -0.05) is 0 Å². The van der Waals surface area contributed by atoms with Crippen LogP contribution < -0.4 is 4.90 Å². The molecule has 8 nitrogen and oxygen atoms in total. The van der Waals surface area contributed by atoms with Gasteiger partial charge in [-0.25, -0.2) is 4.98 Å². The highest BCUT2D eigenvalue weighted by Gasteiger charge is 2.28. The molecule has 124 valence electrons. The van der Waals surface area contributed by atoms with Crippen LogP contribution in [0.3, 0.4) is 0 Å². The van der Waals surface area contributed by atoms with Crippen molar-refractivity contribution in [3.63, 3.8) is 0 Å². The largest absolute Gasteiger partial charge is 0.569 e. The summed E-state index contributed by atoms with van der Waals surface area (Å²) in [5.74, 6) is 0.792. The van der Waals surface area contributed by atoms with Gasteiger partial charge in [0, 0.05) is 19.2 Å². The lowest BCUT2D eigenvalue weighted by Gasteiger charge is -2.26. The summed E-state index contributed by atoms with van der Waals surface area (Å²) in [5.41, 5.74) is 0.200. The first-order valence-corrected chi connectivity index (χ1v) is 7.50. The van der Waals surface area contributed by atoms with Crippen molar-refractivity contribution in [2.75, 3.05) is 25.0 Å². The SMILES string of the molecule is CN(/[N+]([O-])=N\O[C@@H]1CCN(c2ccc(C#N)cn2)C1)C(C)(C)C. The fourth-order valence-corrected chi connectivity index (χ4v) is 2.08. The van der Waals surface area contributed by atoms with Crippen molar-refractivity contribution in [1.82, 2.24) is 9.99 Å². The Hall–Kier alpha value is -2.56. The first-order valence-electron chi connectivity index (χ1n) is 7.50. The third-order valence-corrected chi connectivity index (χ3v) is 3.84. The molecule has 0 saturated carbocycles. The lowest BCUT2D eigenvalue weighted by atomic mass is 10.1. The Bertz CT molecular complexity index is 602. The molecule has 0 aliphatic carbocycles. The summed E-state index contributed by atoms with van der Waals surface area (Å²) in [6, 6.07) is 5.59. The highest BCUT2D eigenvalue weighted by molar-refractivity contribution is 5.42. The molecule has 2 heterocycles. The zero-order valence-corrected chi connectivity index (χ0v) is 13.9. The predicted molar refractivity (Wildman–Crippen MR) is 84.2 cm³/mol. The van der Waals surface area contributed by atoms with Gasteiger partial charge in [0.25, 0.3) is 0 Å². The van der Waals surface area contributed by atoms with Crippen LogP contribution in [0.4, 0.5) is 5.82 Å². The summed E-state index contributed by atoms with van der Waals surface area (Å²) < 4.78 is 0. The highest BCUT2D eigenvalue weighted by Crippen LogP contribution is 2.20. The number of nitriles is 1. The maximum atomic E-state index is 11.9. The molecular formula is C15H22N6O2. The molecule has 2 rings (SSSR count). The Labute approximate surface area is 136 Å². The summed E-state index contributed by atoms with van der Waals surface area (Å²) in [5, 5.41) is 25.8. The van der Waals surface area contributed by atoms with Crippen LogP contribution in [0.2, 0.25) is 0 Å². The number of rotatable bonds is 4. The van der Waals surface area contributed by atoms with Crippen molar-refractivity contribution >= 4 is 5.82 Å². The minimum atomic E-state index is -0.331. The molecule has 0 spiro atoms. The van der Waals surface area contributed by atoms with Gasteiger partial charge < -0.3 is 14.9 Å². The molecule has 1 aromatic heterocycles. The molecule has 0 unspecified atom stereocenters. The molecule has 0 amide bonds. The van der Waals surface area contributed by atoms with E-state index >= 15 is 0 Å². The average molecular weight is 318 g/mol. The fourth-order valence-electron chi connectivity index (χ4n) is 2.08. The zero-order valence-electron chi connectivity index (χ0n) is 13.9. The van der Waals surface area contributed by atoms with Crippen molar-refractivity contribution in [3.05, 3.63) is 29.1 Å². The Morgan fingerprint density at radius 2 is 2.26 bits per heavy atom. The van der Waals surface area contributed by atoms with Gasteiger partial charge in [-0.2, -0.15) is 5.26 Å². The van der Waals surface area contributed by atoms with Crippen LogP contribution in [0.1, 0.15) is 32.8 Å². The van der Waals surface area contributed by atoms with E-state index in [1.54, 1.807) is 19.3 Å². The smallest absolute Gasteiger partial charge is 0.233 e. The van der Waals surface area contributed by atoms with E-state index in [1.807, 2.05) is 37.8 Å². The predicted octanol–water partition coefficient (Wildman–Crippen LogP) is 2.07.